The van der Waals surface area contributed by atoms with Gasteiger partial charge in [-0.2, -0.15) is 0 Å². The summed E-state index contributed by atoms with van der Waals surface area (Å²) in [6, 6.07) is 26.3. The molecular weight excluding hydrogens is 572 g/mol. The van der Waals surface area contributed by atoms with Crippen molar-refractivity contribution in [3.8, 4) is 0 Å². The maximum absolute atomic E-state index is 8.52. The van der Waals surface area contributed by atoms with E-state index in [0.29, 0.717) is 5.92 Å². The van der Waals surface area contributed by atoms with Crippen LogP contribution in [0.25, 0.3) is 21.5 Å². The zero-order chi connectivity index (χ0) is 35.6. The second kappa shape index (κ2) is 16.8. The largest absolute Gasteiger partial charge is 0.391 e. The van der Waals surface area contributed by atoms with Crippen LogP contribution in [0.3, 0.4) is 0 Å². The van der Waals surface area contributed by atoms with E-state index in [4.69, 9.17) is 5.11 Å². The molecule has 0 bridgehead atoms. The van der Waals surface area contributed by atoms with E-state index in [1.165, 1.54) is 49.7 Å². The molecule has 4 aromatic rings. The van der Waals surface area contributed by atoms with Gasteiger partial charge in [0.2, 0.25) is 0 Å². The lowest BCUT2D eigenvalue weighted by molar-refractivity contribution is 0.102. The summed E-state index contributed by atoms with van der Waals surface area (Å²) in [5, 5.41) is 17.2. The van der Waals surface area contributed by atoms with Crippen molar-refractivity contribution < 1.29 is 5.11 Å². The third kappa shape index (κ3) is 9.17. The molecule has 0 saturated heterocycles. The van der Waals surface area contributed by atoms with Gasteiger partial charge in [0.25, 0.3) is 0 Å². The number of aliphatic hydroxyl groups is 1. The lowest BCUT2D eigenvalue weighted by atomic mass is 9.71. The van der Waals surface area contributed by atoms with Crippen molar-refractivity contribution in [3.63, 3.8) is 0 Å². The number of likely N-dealkylation sites (N-methyl/N-ethyl adjacent to an activating group) is 1. The van der Waals surface area contributed by atoms with E-state index in [-0.39, 0.29) is 10.8 Å². The molecule has 1 aliphatic heterocycles. The van der Waals surface area contributed by atoms with Crippen LogP contribution in [0.15, 0.2) is 109 Å². The number of nitrogens with one attached hydrogen (secondary N) is 1. The summed E-state index contributed by atoms with van der Waals surface area (Å²) in [4.78, 5) is 2.35. The van der Waals surface area contributed by atoms with E-state index in [1.807, 2.05) is 34.7 Å². The highest BCUT2D eigenvalue weighted by atomic mass is 16.3. The second-order valence-electron chi connectivity index (χ2n) is 13.8. The molecule has 0 amide bonds. The topological polar surface area (TPSA) is 35.5 Å². The molecular formula is C44H62N2O. The lowest BCUT2D eigenvalue weighted by Gasteiger charge is -2.33. The average Bonchev–Trinajstić information content (AvgIpc) is 3.25. The Labute approximate surface area is 287 Å². The molecule has 254 valence electrons. The molecule has 0 fully saturated rings. The van der Waals surface area contributed by atoms with E-state index >= 15 is 0 Å². The van der Waals surface area contributed by atoms with Gasteiger partial charge in [-0.3, -0.25) is 0 Å². The smallest absolute Gasteiger partial charge is 0.0563 e. The third-order valence-corrected chi connectivity index (χ3v) is 8.75. The first kappa shape index (κ1) is 39.4. The second-order valence-corrected chi connectivity index (χ2v) is 13.8. The molecule has 1 aliphatic rings. The maximum Gasteiger partial charge on any atom is 0.0563 e. The molecule has 4 aromatic carbocycles. The molecule has 3 heteroatoms. The Morgan fingerprint density at radius 1 is 0.745 bits per heavy atom. The van der Waals surface area contributed by atoms with Gasteiger partial charge in [0.15, 0.2) is 0 Å². The minimum atomic E-state index is -0.500. The highest BCUT2D eigenvalue weighted by Gasteiger charge is 2.39. The van der Waals surface area contributed by atoms with Gasteiger partial charge in [-0.05, 0) is 83.0 Å². The SMILES string of the molecule is CC.CC.CC(C)(C)O.CNc1ccc2ccccc2c1C(C)(C)C(C)/C=C/C=C/C=C1/N(C)c2ccc3ccccc3c2C1(C)C. The Morgan fingerprint density at radius 3 is 1.83 bits per heavy atom. The zero-order valence-electron chi connectivity index (χ0n) is 31.8. The standard InChI is InChI=1S/C36H40N2.C4H10O.2C2H6/c1-25(35(2,3)33-28-18-13-11-16-26(28)21-23-30(33)37-6)15-9-8-10-20-32-36(4,5)34-29-19-14-12-17-27(29)22-24-31(34)38(32)7;1-4(2,3)5;2*1-2/h8-25,37H,1-7H3;5H,1-3H3;2*1-2H3/b10-8+,15-9+,32-20+;;;. The van der Waals surface area contributed by atoms with Crippen LogP contribution in [0.1, 0.15) is 94.2 Å². The summed E-state index contributed by atoms with van der Waals surface area (Å²) >= 11 is 0. The third-order valence-electron chi connectivity index (χ3n) is 8.75. The summed E-state index contributed by atoms with van der Waals surface area (Å²) in [6.45, 7) is 24.9. The molecule has 1 heterocycles. The molecule has 47 heavy (non-hydrogen) atoms. The summed E-state index contributed by atoms with van der Waals surface area (Å²) in [7, 11) is 4.20. The number of nitrogens with zero attached hydrogens (tertiary/aromatic N) is 1. The first-order valence-corrected chi connectivity index (χ1v) is 17.4. The molecule has 0 aliphatic carbocycles. The van der Waals surface area contributed by atoms with E-state index in [1.54, 1.807) is 20.8 Å². The van der Waals surface area contributed by atoms with Gasteiger partial charge >= 0.3 is 0 Å². The van der Waals surface area contributed by atoms with Gasteiger partial charge in [0.05, 0.1) is 5.60 Å². The van der Waals surface area contributed by atoms with Crippen molar-refractivity contribution in [2.75, 3.05) is 24.3 Å². The van der Waals surface area contributed by atoms with Gasteiger partial charge in [-0.1, -0.05) is 147 Å². The molecule has 0 saturated carbocycles. The summed E-state index contributed by atoms with van der Waals surface area (Å²) < 4.78 is 0. The predicted octanol–water partition coefficient (Wildman–Crippen LogP) is 12.2. The quantitative estimate of drug-likeness (QED) is 0.207. The van der Waals surface area contributed by atoms with Gasteiger partial charge in [-0.15, -0.1) is 0 Å². The fourth-order valence-corrected chi connectivity index (χ4v) is 6.28. The molecule has 0 spiro atoms. The Morgan fingerprint density at radius 2 is 1.26 bits per heavy atom. The van der Waals surface area contributed by atoms with Crippen molar-refractivity contribution in [2.24, 2.45) is 5.92 Å². The zero-order valence-corrected chi connectivity index (χ0v) is 31.8. The van der Waals surface area contributed by atoms with Crippen molar-refractivity contribution in [1.29, 1.82) is 0 Å². The summed E-state index contributed by atoms with van der Waals surface area (Å²) in [5.74, 6) is 0.346. The van der Waals surface area contributed by atoms with Crippen LogP contribution in [0.2, 0.25) is 0 Å². The van der Waals surface area contributed by atoms with E-state index < -0.39 is 5.60 Å². The van der Waals surface area contributed by atoms with Gasteiger partial charge in [-0.25, -0.2) is 0 Å². The van der Waals surface area contributed by atoms with Crippen LogP contribution in [0.4, 0.5) is 11.4 Å². The number of benzene rings is 4. The highest BCUT2D eigenvalue weighted by molar-refractivity contribution is 5.95. The number of allylic oxidation sites excluding steroid dienone is 6. The highest BCUT2D eigenvalue weighted by Crippen LogP contribution is 2.50. The van der Waals surface area contributed by atoms with Crippen molar-refractivity contribution in [1.82, 2.24) is 0 Å². The summed E-state index contributed by atoms with van der Waals surface area (Å²) in [5.41, 5.74) is 6.00. The van der Waals surface area contributed by atoms with Crippen LogP contribution < -0.4 is 10.2 Å². The Bertz CT molecular complexity index is 1670. The van der Waals surface area contributed by atoms with E-state index in [2.05, 4.69) is 155 Å². The fraction of sp³-hybridized carbons (Fsp3) is 0.409. The Hall–Kier alpha value is -3.82. The van der Waals surface area contributed by atoms with Crippen LogP contribution in [0, 0.1) is 5.92 Å². The number of anilines is 2. The van der Waals surface area contributed by atoms with Gasteiger partial charge in [0.1, 0.15) is 0 Å². The molecule has 1 unspecified atom stereocenters. The molecule has 5 rings (SSSR count). The van der Waals surface area contributed by atoms with Crippen LogP contribution in [0.5, 0.6) is 0 Å². The van der Waals surface area contributed by atoms with Crippen LogP contribution >= 0.6 is 0 Å². The Balaban J connectivity index is 0.000000769. The number of fused-ring (bicyclic) bond motifs is 4. The minimum absolute atomic E-state index is 0.0433. The molecule has 0 radical (unpaired) electrons. The van der Waals surface area contributed by atoms with Crippen molar-refractivity contribution in [2.45, 2.75) is 99.5 Å². The fourth-order valence-electron chi connectivity index (χ4n) is 6.28. The predicted molar refractivity (Wildman–Crippen MR) is 212 cm³/mol. The van der Waals surface area contributed by atoms with Crippen molar-refractivity contribution >= 4 is 32.9 Å². The molecule has 2 N–H and O–H groups in total. The monoisotopic (exact) mass is 634 g/mol. The summed E-state index contributed by atoms with van der Waals surface area (Å²) in [6.07, 6.45) is 11.2. The average molecular weight is 635 g/mol. The maximum atomic E-state index is 8.52. The normalized spacial score (nSPS) is 15.5. The molecule has 1 atom stereocenters. The van der Waals surface area contributed by atoms with Gasteiger partial charge < -0.3 is 15.3 Å². The van der Waals surface area contributed by atoms with E-state index in [0.717, 1.165) is 0 Å². The molecule has 3 nitrogen and oxygen atoms in total. The number of rotatable bonds is 6. The van der Waals surface area contributed by atoms with Crippen LogP contribution in [-0.4, -0.2) is 24.8 Å². The van der Waals surface area contributed by atoms with Crippen molar-refractivity contribution in [3.05, 3.63) is 120 Å². The Kier molecular flexibility index (Phi) is 14.1. The minimum Gasteiger partial charge on any atom is -0.391 e. The lowest BCUT2D eigenvalue weighted by Crippen LogP contribution is -2.26. The number of hydrogen-bond donors (Lipinski definition) is 2. The van der Waals surface area contributed by atoms with Crippen LogP contribution in [-0.2, 0) is 10.8 Å². The van der Waals surface area contributed by atoms with E-state index in [9.17, 15) is 0 Å². The molecule has 0 aromatic heterocycles. The number of hydrogen-bond acceptors (Lipinski definition) is 3. The van der Waals surface area contributed by atoms with Gasteiger partial charge in [0, 0.05) is 36.6 Å². The first-order chi connectivity index (χ1) is 22.2. The first-order valence-electron chi connectivity index (χ1n) is 17.4.